The van der Waals surface area contributed by atoms with Crippen LogP contribution in [0.3, 0.4) is 0 Å². The second kappa shape index (κ2) is 4.99. The molecule has 0 saturated heterocycles. The van der Waals surface area contributed by atoms with Crippen LogP contribution in [0.4, 0.5) is 0 Å². The van der Waals surface area contributed by atoms with Gasteiger partial charge < -0.3 is 5.32 Å². The minimum Gasteiger partial charge on any atom is -0.350 e. The first-order valence-corrected chi connectivity index (χ1v) is 5.59. The molecule has 16 heavy (non-hydrogen) atoms. The molecule has 0 unspecified atom stereocenters. The highest BCUT2D eigenvalue weighted by atomic mass is 35.5. The van der Waals surface area contributed by atoms with Crippen molar-refractivity contribution in [2.75, 3.05) is 5.88 Å². The molecule has 2 aromatic rings. The van der Waals surface area contributed by atoms with E-state index in [0.717, 1.165) is 11.2 Å². The Bertz CT molecular complexity index is 462. The highest BCUT2D eigenvalue weighted by molar-refractivity contribution is 6.18. The molecule has 0 aromatic carbocycles. The zero-order chi connectivity index (χ0) is 11.4. The SMILES string of the molecule is O=C(CCCl)NCc1cc2ccccn2n1. The predicted molar refractivity (Wildman–Crippen MR) is 62.4 cm³/mol. The smallest absolute Gasteiger partial charge is 0.221 e. The van der Waals surface area contributed by atoms with Crippen LogP contribution in [-0.4, -0.2) is 21.4 Å². The summed E-state index contributed by atoms with van der Waals surface area (Å²) in [7, 11) is 0. The van der Waals surface area contributed by atoms with Crippen molar-refractivity contribution < 1.29 is 4.79 Å². The highest BCUT2D eigenvalue weighted by Gasteiger charge is 2.03. The molecule has 1 amide bonds. The van der Waals surface area contributed by atoms with E-state index in [1.165, 1.54) is 0 Å². The average Bonchev–Trinajstić information content (AvgIpc) is 2.69. The molecule has 0 saturated carbocycles. The number of carbonyl (C=O) groups is 1. The third-order valence-electron chi connectivity index (χ3n) is 2.21. The summed E-state index contributed by atoms with van der Waals surface area (Å²) in [4.78, 5) is 11.2. The third-order valence-corrected chi connectivity index (χ3v) is 2.40. The first kappa shape index (κ1) is 11.0. The van der Waals surface area contributed by atoms with Gasteiger partial charge in [-0.15, -0.1) is 11.6 Å². The number of aromatic nitrogens is 2. The normalized spacial score (nSPS) is 10.6. The van der Waals surface area contributed by atoms with Crippen LogP contribution in [0, 0.1) is 0 Å². The molecule has 5 heteroatoms. The molecule has 0 aliphatic heterocycles. The lowest BCUT2D eigenvalue weighted by molar-refractivity contribution is -0.120. The van der Waals surface area contributed by atoms with Gasteiger partial charge in [0.05, 0.1) is 17.8 Å². The van der Waals surface area contributed by atoms with Crippen molar-refractivity contribution in [3.63, 3.8) is 0 Å². The molecule has 0 bridgehead atoms. The van der Waals surface area contributed by atoms with Crippen LogP contribution in [0.15, 0.2) is 30.5 Å². The van der Waals surface area contributed by atoms with Gasteiger partial charge in [0.1, 0.15) is 0 Å². The van der Waals surface area contributed by atoms with Crippen molar-refractivity contribution in [1.29, 1.82) is 0 Å². The van der Waals surface area contributed by atoms with Crippen molar-refractivity contribution in [2.24, 2.45) is 0 Å². The van der Waals surface area contributed by atoms with E-state index in [1.54, 1.807) is 4.52 Å². The predicted octanol–water partition coefficient (Wildman–Crippen LogP) is 1.58. The maximum atomic E-state index is 11.2. The molecular weight excluding hydrogens is 226 g/mol. The summed E-state index contributed by atoms with van der Waals surface area (Å²) >= 11 is 5.46. The van der Waals surface area contributed by atoms with E-state index < -0.39 is 0 Å². The third kappa shape index (κ3) is 2.52. The molecular formula is C11H12ClN3O. The second-order valence-corrected chi connectivity index (χ2v) is 3.80. The molecule has 84 valence electrons. The van der Waals surface area contributed by atoms with Crippen LogP contribution in [0.2, 0.25) is 0 Å². The Morgan fingerprint density at radius 1 is 1.50 bits per heavy atom. The van der Waals surface area contributed by atoms with E-state index in [0.29, 0.717) is 18.8 Å². The van der Waals surface area contributed by atoms with E-state index in [2.05, 4.69) is 10.4 Å². The van der Waals surface area contributed by atoms with Crippen molar-refractivity contribution in [3.05, 3.63) is 36.2 Å². The van der Waals surface area contributed by atoms with Gasteiger partial charge in [0.15, 0.2) is 0 Å². The summed E-state index contributed by atoms with van der Waals surface area (Å²) in [6.07, 6.45) is 2.22. The van der Waals surface area contributed by atoms with E-state index >= 15 is 0 Å². The molecule has 1 N–H and O–H groups in total. The summed E-state index contributed by atoms with van der Waals surface area (Å²) in [5, 5.41) is 7.08. The maximum absolute atomic E-state index is 11.2. The molecule has 2 rings (SSSR count). The van der Waals surface area contributed by atoms with E-state index in [4.69, 9.17) is 11.6 Å². The topological polar surface area (TPSA) is 46.4 Å². The number of amides is 1. The van der Waals surface area contributed by atoms with Gasteiger partial charge in [0.25, 0.3) is 0 Å². The minimum absolute atomic E-state index is 0.0490. The number of alkyl halides is 1. The molecule has 0 aliphatic carbocycles. The number of hydrogen-bond acceptors (Lipinski definition) is 2. The molecule has 0 radical (unpaired) electrons. The van der Waals surface area contributed by atoms with Crippen molar-refractivity contribution in [3.8, 4) is 0 Å². The van der Waals surface area contributed by atoms with Gasteiger partial charge in [-0.2, -0.15) is 5.10 Å². The van der Waals surface area contributed by atoms with Gasteiger partial charge in [0.2, 0.25) is 5.91 Å². The quantitative estimate of drug-likeness (QED) is 0.821. The van der Waals surface area contributed by atoms with Gasteiger partial charge >= 0.3 is 0 Å². The van der Waals surface area contributed by atoms with Gasteiger partial charge in [-0.3, -0.25) is 4.79 Å². The van der Waals surface area contributed by atoms with Gasteiger partial charge in [-0.05, 0) is 18.2 Å². The molecule has 0 fully saturated rings. The van der Waals surface area contributed by atoms with E-state index in [1.807, 2.05) is 30.5 Å². The van der Waals surface area contributed by atoms with Crippen LogP contribution in [0.1, 0.15) is 12.1 Å². The second-order valence-electron chi connectivity index (χ2n) is 3.42. The first-order chi connectivity index (χ1) is 7.79. The summed E-state index contributed by atoms with van der Waals surface area (Å²) in [6.45, 7) is 0.442. The van der Waals surface area contributed by atoms with Crippen LogP contribution in [-0.2, 0) is 11.3 Å². The number of halogens is 1. The zero-order valence-corrected chi connectivity index (χ0v) is 9.44. The molecule has 0 atom stereocenters. The van der Waals surface area contributed by atoms with Crippen LogP contribution in [0.5, 0.6) is 0 Å². The van der Waals surface area contributed by atoms with Gasteiger partial charge in [-0.1, -0.05) is 6.07 Å². The number of nitrogens with zero attached hydrogens (tertiary/aromatic N) is 2. The Kier molecular flexibility index (Phi) is 3.41. The monoisotopic (exact) mass is 237 g/mol. The Morgan fingerprint density at radius 3 is 3.12 bits per heavy atom. The number of rotatable bonds is 4. The molecule has 0 spiro atoms. The molecule has 4 nitrogen and oxygen atoms in total. The first-order valence-electron chi connectivity index (χ1n) is 5.05. The van der Waals surface area contributed by atoms with Gasteiger partial charge in [-0.25, -0.2) is 4.52 Å². The van der Waals surface area contributed by atoms with Crippen molar-refractivity contribution in [1.82, 2.24) is 14.9 Å². The standard InChI is InChI=1S/C11H12ClN3O/c12-5-4-11(16)13-8-9-7-10-3-1-2-6-15(10)14-9/h1-3,6-7H,4-5,8H2,(H,13,16). The number of nitrogens with one attached hydrogen (secondary N) is 1. The number of hydrogen-bond donors (Lipinski definition) is 1. The lowest BCUT2D eigenvalue weighted by Crippen LogP contribution is -2.22. The zero-order valence-electron chi connectivity index (χ0n) is 8.69. The largest absolute Gasteiger partial charge is 0.350 e. The fraction of sp³-hybridized carbons (Fsp3) is 0.273. The van der Waals surface area contributed by atoms with Crippen molar-refractivity contribution in [2.45, 2.75) is 13.0 Å². The lowest BCUT2D eigenvalue weighted by atomic mass is 10.3. The highest BCUT2D eigenvalue weighted by Crippen LogP contribution is 2.05. The average molecular weight is 238 g/mol. The number of pyridine rings is 1. The molecule has 2 heterocycles. The lowest BCUT2D eigenvalue weighted by Gasteiger charge is -1.99. The fourth-order valence-electron chi connectivity index (χ4n) is 1.44. The Hall–Kier alpha value is -1.55. The Labute approximate surface area is 98.2 Å². The summed E-state index contributed by atoms with van der Waals surface area (Å²) in [6, 6.07) is 7.78. The van der Waals surface area contributed by atoms with E-state index in [-0.39, 0.29) is 5.91 Å². The van der Waals surface area contributed by atoms with Crippen molar-refractivity contribution >= 4 is 23.0 Å². The van der Waals surface area contributed by atoms with Crippen LogP contribution < -0.4 is 5.32 Å². The number of fused-ring (bicyclic) bond motifs is 1. The molecule has 2 aromatic heterocycles. The van der Waals surface area contributed by atoms with E-state index in [9.17, 15) is 4.79 Å². The van der Waals surface area contributed by atoms with Gasteiger partial charge in [0, 0.05) is 18.5 Å². The summed E-state index contributed by atoms with van der Waals surface area (Å²) < 4.78 is 1.78. The fourth-order valence-corrected chi connectivity index (χ4v) is 1.61. The van der Waals surface area contributed by atoms with Crippen LogP contribution in [0.25, 0.3) is 5.52 Å². The Morgan fingerprint density at radius 2 is 2.38 bits per heavy atom. The van der Waals surface area contributed by atoms with Crippen LogP contribution >= 0.6 is 11.6 Å². The Balaban J connectivity index is 2.02. The molecule has 0 aliphatic rings. The number of carbonyl (C=O) groups excluding carboxylic acids is 1. The summed E-state index contributed by atoms with van der Waals surface area (Å²) in [5.74, 6) is 0.295. The minimum atomic E-state index is -0.0490. The summed E-state index contributed by atoms with van der Waals surface area (Å²) in [5.41, 5.74) is 1.86. The maximum Gasteiger partial charge on any atom is 0.221 e.